The van der Waals surface area contributed by atoms with E-state index in [1.807, 2.05) is 24.9 Å². The van der Waals surface area contributed by atoms with Crippen LogP contribution in [0.1, 0.15) is 12.5 Å². The van der Waals surface area contributed by atoms with Crippen LogP contribution in [0.25, 0.3) is 6.08 Å². The Bertz CT molecular complexity index is 1010. The molecule has 0 aromatic heterocycles. The largest absolute Gasteiger partial charge is 0.454 e. The first-order valence-corrected chi connectivity index (χ1v) is 8.51. The van der Waals surface area contributed by atoms with Gasteiger partial charge in [-0.25, -0.2) is 0 Å². The van der Waals surface area contributed by atoms with E-state index in [4.69, 9.17) is 4.74 Å². The number of thioether (sulfide) groups is 1. The molecule has 2 aromatic rings. The van der Waals surface area contributed by atoms with Crippen molar-refractivity contribution < 1.29 is 14.6 Å². The van der Waals surface area contributed by atoms with E-state index in [-0.39, 0.29) is 11.4 Å². The van der Waals surface area contributed by atoms with Crippen LogP contribution in [0.5, 0.6) is 5.75 Å². The van der Waals surface area contributed by atoms with Gasteiger partial charge in [0.1, 0.15) is 5.75 Å². The summed E-state index contributed by atoms with van der Waals surface area (Å²) in [7, 11) is 1.86. The number of nitrogens with zero attached hydrogens (tertiary/aromatic N) is 3. The lowest BCUT2D eigenvalue weighted by Gasteiger charge is -2.40. The molecule has 0 N–H and O–H groups in total. The number of nitro groups is 2. The van der Waals surface area contributed by atoms with Crippen LogP contribution < -0.4 is 9.64 Å². The number of nitro benzene ring substituents is 2. The maximum absolute atomic E-state index is 11.1. The monoisotopic (exact) mass is 371 g/mol. The topological polar surface area (TPSA) is 98.8 Å². The average Bonchev–Trinajstić information content (AvgIpc) is 2.88. The summed E-state index contributed by atoms with van der Waals surface area (Å²) in [5, 5.41) is 21.2. The van der Waals surface area contributed by atoms with Crippen molar-refractivity contribution in [3.8, 4) is 5.75 Å². The van der Waals surface area contributed by atoms with Crippen LogP contribution in [0.15, 0.2) is 46.9 Å². The molecule has 0 amide bonds. The van der Waals surface area contributed by atoms with E-state index in [1.165, 1.54) is 36.0 Å². The van der Waals surface area contributed by atoms with Crippen LogP contribution in [0, 0.1) is 20.2 Å². The molecule has 0 radical (unpaired) electrons. The van der Waals surface area contributed by atoms with Crippen LogP contribution >= 0.6 is 11.8 Å². The molecule has 2 aliphatic heterocycles. The number of rotatable bonds is 2. The second-order valence-corrected chi connectivity index (χ2v) is 7.26. The normalized spacial score (nSPS) is 20.2. The molecular formula is C17H13N3O5S. The maximum atomic E-state index is 11.1. The Balaban J connectivity index is 1.77. The van der Waals surface area contributed by atoms with Gasteiger partial charge in [0.25, 0.3) is 16.4 Å². The minimum Gasteiger partial charge on any atom is -0.454 e. The second kappa shape index (κ2) is 5.46. The van der Waals surface area contributed by atoms with Crippen molar-refractivity contribution in [1.82, 2.24) is 0 Å². The molecule has 0 saturated heterocycles. The Labute approximate surface area is 152 Å². The molecule has 1 atom stereocenters. The Morgan fingerprint density at radius 1 is 1.08 bits per heavy atom. The lowest BCUT2D eigenvalue weighted by molar-refractivity contribution is -0.385. The third-order valence-corrected chi connectivity index (χ3v) is 6.03. The number of fused-ring (bicyclic) bond motifs is 2. The highest BCUT2D eigenvalue weighted by atomic mass is 32.2. The first-order valence-electron chi connectivity index (χ1n) is 7.69. The molecule has 4 rings (SSSR count). The number of benzene rings is 2. The minimum absolute atomic E-state index is 0.00121. The first kappa shape index (κ1) is 16.4. The van der Waals surface area contributed by atoms with E-state index in [9.17, 15) is 20.2 Å². The summed E-state index contributed by atoms with van der Waals surface area (Å²) < 4.78 is 6.25. The molecule has 1 spiro atoms. The van der Waals surface area contributed by atoms with E-state index in [0.717, 1.165) is 16.2 Å². The van der Waals surface area contributed by atoms with Gasteiger partial charge in [0, 0.05) is 47.3 Å². The molecule has 9 heteroatoms. The summed E-state index contributed by atoms with van der Waals surface area (Å²) in [6.45, 7) is 1.88. The summed E-state index contributed by atoms with van der Waals surface area (Å²) in [4.78, 5) is 23.8. The Morgan fingerprint density at radius 3 is 2.42 bits per heavy atom. The third-order valence-electron chi connectivity index (χ3n) is 4.53. The molecule has 132 valence electrons. The number of hydrogen-bond acceptors (Lipinski definition) is 7. The molecule has 2 aliphatic rings. The Morgan fingerprint density at radius 2 is 1.73 bits per heavy atom. The second-order valence-electron chi connectivity index (χ2n) is 6.06. The smallest absolute Gasteiger partial charge is 0.270 e. The van der Waals surface area contributed by atoms with Gasteiger partial charge >= 0.3 is 0 Å². The molecule has 8 nitrogen and oxygen atoms in total. The van der Waals surface area contributed by atoms with Gasteiger partial charge in [-0.15, -0.1) is 0 Å². The lowest BCUT2D eigenvalue weighted by Crippen LogP contribution is -2.48. The molecule has 1 unspecified atom stereocenters. The number of ether oxygens (including phenoxy) is 1. The predicted octanol–water partition coefficient (Wildman–Crippen LogP) is 4.19. The molecular weight excluding hydrogens is 358 g/mol. The van der Waals surface area contributed by atoms with Crippen LogP contribution in [-0.4, -0.2) is 22.0 Å². The highest BCUT2D eigenvalue weighted by Crippen LogP contribution is 2.56. The van der Waals surface area contributed by atoms with Crippen LogP contribution in [0.4, 0.5) is 17.1 Å². The van der Waals surface area contributed by atoms with E-state index in [0.29, 0.717) is 11.3 Å². The van der Waals surface area contributed by atoms with Crippen molar-refractivity contribution >= 4 is 34.9 Å². The van der Waals surface area contributed by atoms with Gasteiger partial charge in [-0.3, -0.25) is 20.2 Å². The SMILES string of the molecule is CC1=Cc2cc([N+](=O)[O-])ccc2OC12Sc1cc([N+](=O)[O-])ccc1N2C. The molecule has 2 heterocycles. The fourth-order valence-corrected chi connectivity index (χ4v) is 4.57. The van der Waals surface area contributed by atoms with Gasteiger partial charge in [0.2, 0.25) is 0 Å². The van der Waals surface area contributed by atoms with E-state index < -0.39 is 14.9 Å². The highest BCUT2D eigenvalue weighted by Gasteiger charge is 2.49. The third kappa shape index (κ3) is 2.24. The van der Waals surface area contributed by atoms with Gasteiger partial charge in [0.15, 0.2) is 0 Å². The van der Waals surface area contributed by atoms with Gasteiger partial charge in [-0.2, -0.15) is 0 Å². The zero-order valence-electron chi connectivity index (χ0n) is 13.8. The van der Waals surface area contributed by atoms with Crippen LogP contribution in [-0.2, 0) is 0 Å². The Hall–Kier alpha value is -3.07. The average molecular weight is 371 g/mol. The fraction of sp³-hybridized carbons (Fsp3) is 0.176. The van der Waals surface area contributed by atoms with E-state index in [1.54, 1.807) is 12.1 Å². The summed E-state index contributed by atoms with van der Waals surface area (Å²) in [5.41, 5.74) is 2.34. The summed E-state index contributed by atoms with van der Waals surface area (Å²) in [6.07, 6.45) is 1.86. The zero-order chi connectivity index (χ0) is 18.6. The van der Waals surface area contributed by atoms with Crippen molar-refractivity contribution in [3.05, 3.63) is 67.8 Å². The summed E-state index contributed by atoms with van der Waals surface area (Å²) in [5.74, 6) is 0.530. The van der Waals surface area contributed by atoms with E-state index in [2.05, 4.69) is 0 Å². The molecule has 2 aromatic carbocycles. The number of anilines is 1. The van der Waals surface area contributed by atoms with Crippen molar-refractivity contribution in [2.24, 2.45) is 0 Å². The van der Waals surface area contributed by atoms with Gasteiger partial charge in [0.05, 0.1) is 15.5 Å². The zero-order valence-corrected chi connectivity index (χ0v) is 14.6. The quantitative estimate of drug-likeness (QED) is 0.576. The first-order chi connectivity index (χ1) is 12.3. The molecule has 0 saturated carbocycles. The summed E-state index contributed by atoms with van der Waals surface area (Å²) >= 11 is 1.38. The van der Waals surface area contributed by atoms with Crippen molar-refractivity contribution in [3.63, 3.8) is 0 Å². The molecule has 0 fully saturated rings. The fourth-order valence-electron chi connectivity index (χ4n) is 3.19. The summed E-state index contributed by atoms with van der Waals surface area (Å²) in [6, 6.07) is 9.17. The highest BCUT2D eigenvalue weighted by molar-refractivity contribution is 8.01. The molecule has 0 aliphatic carbocycles. The van der Waals surface area contributed by atoms with Gasteiger partial charge < -0.3 is 9.64 Å². The Kier molecular flexibility index (Phi) is 3.45. The van der Waals surface area contributed by atoms with Crippen molar-refractivity contribution in [2.45, 2.75) is 16.9 Å². The predicted molar refractivity (Wildman–Crippen MR) is 97.5 cm³/mol. The van der Waals surface area contributed by atoms with Crippen LogP contribution in [0.3, 0.4) is 0 Å². The number of non-ortho nitro benzene ring substituents is 2. The van der Waals surface area contributed by atoms with Gasteiger partial charge in [-0.1, -0.05) is 0 Å². The maximum Gasteiger partial charge on any atom is 0.270 e. The number of hydrogen-bond donors (Lipinski definition) is 0. The molecule has 26 heavy (non-hydrogen) atoms. The van der Waals surface area contributed by atoms with Crippen LogP contribution in [0.2, 0.25) is 0 Å². The lowest BCUT2D eigenvalue weighted by atomic mass is 10.0. The van der Waals surface area contributed by atoms with E-state index >= 15 is 0 Å². The van der Waals surface area contributed by atoms with Gasteiger partial charge in [-0.05, 0) is 36.9 Å². The minimum atomic E-state index is -0.874. The van der Waals surface area contributed by atoms with Crippen molar-refractivity contribution in [1.29, 1.82) is 0 Å². The molecule has 0 bridgehead atoms. The standard InChI is InChI=1S/C17H13N3O5S/c1-10-7-11-8-12(19(21)22)4-6-15(11)25-17(10)18(2)14-5-3-13(20(23)24)9-16(14)26-17/h3-9H,1-2H3. The van der Waals surface area contributed by atoms with Crippen molar-refractivity contribution in [2.75, 3.05) is 11.9 Å². The number of likely N-dealkylation sites (N-methyl/N-ethyl adjacent to an activating group) is 1.